The van der Waals surface area contributed by atoms with E-state index in [2.05, 4.69) is 9.72 Å². The van der Waals surface area contributed by atoms with Crippen LogP contribution in [-0.2, 0) is 16.5 Å². The van der Waals surface area contributed by atoms with E-state index in [4.69, 9.17) is 4.74 Å². The van der Waals surface area contributed by atoms with E-state index in [0.717, 1.165) is 14.2 Å². The summed E-state index contributed by atoms with van der Waals surface area (Å²) in [6.07, 6.45) is 0. The molecule has 3 aromatic rings. The number of ether oxygens (including phenoxy) is 2. The number of nitrogens with one attached hydrogen (secondary N) is 1. The normalized spacial score (nSPS) is 11.0. The van der Waals surface area contributed by atoms with Crippen LogP contribution in [0.4, 0.5) is 4.39 Å². The average Bonchev–Trinajstić information content (AvgIpc) is 2.98. The van der Waals surface area contributed by atoms with Gasteiger partial charge in [-0.05, 0) is 18.2 Å². The van der Waals surface area contributed by atoms with Gasteiger partial charge in [-0.3, -0.25) is 4.79 Å². The molecule has 0 bridgehead atoms. The predicted octanol–water partition coefficient (Wildman–Crippen LogP) is 1.73. The number of carbonyl (C=O) groups excluding carboxylic acids is 2. The van der Waals surface area contributed by atoms with Gasteiger partial charge in [0, 0.05) is 17.8 Å². The Morgan fingerprint density at radius 3 is 2.25 bits per heavy atom. The Hall–Kier alpha value is -3.16. The van der Waals surface area contributed by atoms with Crippen LogP contribution in [0, 0.1) is 5.82 Å². The fourth-order valence-corrected chi connectivity index (χ4v) is 2.77. The molecule has 24 heavy (non-hydrogen) atoms. The third-order valence-corrected chi connectivity index (χ3v) is 3.89. The molecule has 0 radical (unpaired) electrons. The second kappa shape index (κ2) is 5.48. The molecular weight excluding hydrogens is 319 g/mol. The summed E-state index contributed by atoms with van der Waals surface area (Å²) in [6, 6.07) is 3.83. The van der Waals surface area contributed by atoms with Crippen molar-refractivity contribution in [3.63, 3.8) is 0 Å². The molecule has 0 saturated carbocycles. The minimum Gasteiger partial charge on any atom is -0.464 e. The van der Waals surface area contributed by atoms with Crippen molar-refractivity contribution in [2.45, 2.75) is 0 Å². The van der Waals surface area contributed by atoms with E-state index in [-0.39, 0.29) is 22.2 Å². The smallest absolute Gasteiger partial charge is 0.355 e. The molecule has 0 amide bonds. The van der Waals surface area contributed by atoms with Crippen LogP contribution < -0.4 is 5.56 Å². The highest BCUT2D eigenvalue weighted by Gasteiger charge is 2.26. The lowest BCUT2D eigenvalue weighted by molar-refractivity contribution is 0.0592. The van der Waals surface area contributed by atoms with Crippen molar-refractivity contribution >= 4 is 33.6 Å². The van der Waals surface area contributed by atoms with Gasteiger partial charge in [0.25, 0.3) is 5.56 Å². The quantitative estimate of drug-likeness (QED) is 0.722. The van der Waals surface area contributed by atoms with Crippen LogP contribution in [-0.4, -0.2) is 35.7 Å². The second-order valence-corrected chi connectivity index (χ2v) is 5.13. The topological polar surface area (TPSA) is 90.4 Å². The van der Waals surface area contributed by atoms with Crippen LogP contribution in [0.25, 0.3) is 21.7 Å². The number of aryl methyl sites for hydroxylation is 1. The largest absolute Gasteiger partial charge is 0.464 e. The van der Waals surface area contributed by atoms with Gasteiger partial charge >= 0.3 is 11.9 Å². The highest BCUT2D eigenvalue weighted by molar-refractivity contribution is 6.19. The number of aromatic nitrogens is 2. The van der Waals surface area contributed by atoms with Gasteiger partial charge in [-0.2, -0.15) is 0 Å². The van der Waals surface area contributed by atoms with Crippen molar-refractivity contribution in [3.05, 3.63) is 45.8 Å². The Morgan fingerprint density at radius 1 is 1.08 bits per heavy atom. The summed E-state index contributed by atoms with van der Waals surface area (Å²) in [5.74, 6) is -2.14. The maximum absolute atomic E-state index is 13.7. The Kier molecular flexibility index (Phi) is 3.59. The van der Waals surface area contributed by atoms with Crippen molar-refractivity contribution in [1.29, 1.82) is 0 Å². The number of hydrogen-bond donors (Lipinski definition) is 1. The van der Waals surface area contributed by atoms with Crippen molar-refractivity contribution in [3.8, 4) is 0 Å². The Bertz CT molecular complexity index is 1060. The number of nitrogens with zero attached hydrogens (tertiary/aromatic N) is 1. The number of carbonyl (C=O) groups is 2. The third kappa shape index (κ3) is 2.07. The Labute approximate surface area is 134 Å². The highest BCUT2D eigenvalue weighted by atomic mass is 19.1. The van der Waals surface area contributed by atoms with E-state index in [0.29, 0.717) is 10.9 Å². The molecule has 7 nitrogen and oxygen atoms in total. The number of benzene rings is 1. The van der Waals surface area contributed by atoms with E-state index >= 15 is 0 Å². The molecule has 0 atom stereocenters. The third-order valence-electron chi connectivity index (χ3n) is 3.89. The molecule has 0 spiro atoms. The SMILES string of the molecule is COC(=O)c1[nH]c(C(=O)OC)c2c1c(=O)n(C)c1ccc(F)cc21. The first-order chi connectivity index (χ1) is 11.4. The van der Waals surface area contributed by atoms with Crippen molar-refractivity contribution < 1.29 is 23.5 Å². The molecule has 124 valence electrons. The van der Waals surface area contributed by atoms with E-state index in [9.17, 15) is 18.8 Å². The summed E-state index contributed by atoms with van der Waals surface area (Å²) in [6.45, 7) is 0. The van der Waals surface area contributed by atoms with Crippen molar-refractivity contribution in [2.75, 3.05) is 14.2 Å². The zero-order chi connectivity index (χ0) is 17.6. The second-order valence-electron chi connectivity index (χ2n) is 5.13. The van der Waals surface area contributed by atoms with Crippen LogP contribution in [0.2, 0.25) is 0 Å². The standard InChI is InChI=1S/C16H13FN2O5/c1-19-9-5-4-7(17)6-8(9)10-11(14(19)20)13(16(22)24-3)18-12(10)15(21)23-2/h4-6,18H,1-3H3. The number of aromatic amines is 1. The van der Waals surface area contributed by atoms with Gasteiger partial charge in [0.1, 0.15) is 17.2 Å². The van der Waals surface area contributed by atoms with Gasteiger partial charge in [0.05, 0.1) is 25.1 Å². The maximum atomic E-state index is 13.7. The minimum absolute atomic E-state index is 0.0529. The number of halogens is 1. The van der Waals surface area contributed by atoms with Crippen molar-refractivity contribution in [2.24, 2.45) is 7.05 Å². The predicted molar refractivity (Wildman–Crippen MR) is 83.7 cm³/mol. The van der Waals surface area contributed by atoms with Gasteiger partial charge in [-0.25, -0.2) is 14.0 Å². The van der Waals surface area contributed by atoms with Crippen molar-refractivity contribution in [1.82, 2.24) is 9.55 Å². The molecule has 8 heteroatoms. The molecule has 0 saturated heterocycles. The molecule has 2 heterocycles. The summed E-state index contributed by atoms with van der Waals surface area (Å²) in [5.41, 5.74) is -0.397. The van der Waals surface area contributed by atoms with Gasteiger partial charge in [-0.15, -0.1) is 0 Å². The molecule has 1 aromatic carbocycles. The number of rotatable bonds is 2. The first-order valence-electron chi connectivity index (χ1n) is 6.91. The molecule has 0 unspecified atom stereocenters. The van der Waals surface area contributed by atoms with Gasteiger partial charge in [-0.1, -0.05) is 0 Å². The van der Waals surface area contributed by atoms with Gasteiger partial charge in [0.15, 0.2) is 0 Å². The fourth-order valence-electron chi connectivity index (χ4n) is 2.77. The molecule has 1 N–H and O–H groups in total. The lowest BCUT2D eigenvalue weighted by Gasteiger charge is -2.08. The maximum Gasteiger partial charge on any atom is 0.355 e. The van der Waals surface area contributed by atoms with E-state index < -0.39 is 23.3 Å². The van der Waals surface area contributed by atoms with Crippen LogP contribution in [0.5, 0.6) is 0 Å². The first-order valence-corrected chi connectivity index (χ1v) is 6.91. The zero-order valence-electron chi connectivity index (χ0n) is 13.1. The molecule has 3 rings (SSSR count). The number of pyridine rings is 1. The molecule has 0 fully saturated rings. The number of hydrogen-bond acceptors (Lipinski definition) is 5. The molecule has 0 aliphatic rings. The summed E-state index contributed by atoms with van der Waals surface area (Å²) in [7, 11) is 3.81. The van der Waals surface area contributed by atoms with E-state index in [1.807, 2.05) is 0 Å². The highest BCUT2D eigenvalue weighted by Crippen LogP contribution is 2.29. The average molecular weight is 332 g/mol. The molecular formula is C16H13FN2O5. The number of methoxy groups -OCH3 is 2. The first kappa shape index (κ1) is 15.7. The molecule has 0 aliphatic heterocycles. The Balaban J connectivity index is 2.64. The lowest BCUT2D eigenvalue weighted by atomic mass is 10.1. The lowest BCUT2D eigenvalue weighted by Crippen LogP contribution is -2.19. The summed E-state index contributed by atoms with van der Waals surface area (Å²) < 4.78 is 24.4. The van der Waals surface area contributed by atoms with E-state index in [1.54, 1.807) is 0 Å². The van der Waals surface area contributed by atoms with Crippen LogP contribution >= 0.6 is 0 Å². The summed E-state index contributed by atoms with van der Waals surface area (Å²) >= 11 is 0. The molecule has 2 aromatic heterocycles. The van der Waals surface area contributed by atoms with E-state index in [1.165, 1.54) is 29.8 Å². The summed E-state index contributed by atoms with van der Waals surface area (Å²) in [4.78, 5) is 39.3. The number of esters is 2. The monoisotopic (exact) mass is 332 g/mol. The zero-order valence-corrected chi connectivity index (χ0v) is 13.1. The number of H-pyrrole nitrogens is 1. The minimum atomic E-state index is -0.817. The van der Waals surface area contributed by atoms with Crippen LogP contribution in [0.1, 0.15) is 21.0 Å². The number of fused-ring (bicyclic) bond motifs is 3. The van der Waals surface area contributed by atoms with Gasteiger partial charge < -0.3 is 19.0 Å². The fraction of sp³-hybridized carbons (Fsp3) is 0.188. The molecule has 0 aliphatic carbocycles. The summed E-state index contributed by atoms with van der Waals surface area (Å²) in [5, 5.41) is 0.376. The van der Waals surface area contributed by atoms with Crippen LogP contribution in [0.15, 0.2) is 23.0 Å². The Morgan fingerprint density at radius 2 is 1.67 bits per heavy atom. The van der Waals surface area contributed by atoms with Crippen LogP contribution in [0.3, 0.4) is 0 Å². The van der Waals surface area contributed by atoms with Gasteiger partial charge in [0.2, 0.25) is 0 Å².